The monoisotopic (exact) mass is 286 g/mol. The quantitative estimate of drug-likeness (QED) is 0.259. The van der Waals surface area contributed by atoms with Crippen molar-refractivity contribution in [2.45, 2.75) is 17.6 Å². The van der Waals surface area contributed by atoms with Crippen LogP contribution in [0.1, 0.15) is 14.3 Å². The molecule has 0 saturated heterocycles. The summed E-state index contributed by atoms with van der Waals surface area (Å²) in [6.45, 7) is 6.42. The van der Waals surface area contributed by atoms with Gasteiger partial charge >= 0.3 is 30.8 Å². The number of aliphatic carboxylic acids is 2. The standard InChI is InChI=1S/C10H14O7S.Li.H/c1-3-5-7(8(11)12)10(6-4-2,9(13)14)18(15,16)17;;/h3-4,7H,1-2,5-6H2,(H,11,12)(H,13,14)(H,15,16,17);;/q;+1;-1. The van der Waals surface area contributed by atoms with Gasteiger partial charge in [0.2, 0.25) is 4.75 Å². The third-order valence-corrected chi connectivity index (χ3v) is 4.08. The van der Waals surface area contributed by atoms with E-state index in [4.69, 9.17) is 14.8 Å². The first-order valence-corrected chi connectivity index (χ1v) is 6.24. The van der Waals surface area contributed by atoms with Gasteiger partial charge in [0.1, 0.15) is 0 Å². The van der Waals surface area contributed by atoms with E-state index in [1.807, 2.05) is 0 Å². The minimum Gasteiger partial charge on any atom is -1.00 e. The summed E-state index contributed by atoms with van der Waals surface area (Å²) >= 11 is 0. The van der Waals surface area contributed by atoms with Crippen LogP contribution in [0.5, 0.6) is 0 Å². The van der Waals surface area contributed by atoms with Crippen molar-refractivity contribution in [1.29, 1.82) is 0 Å². The minimum absolute atomic E-state index is 0. The molecule has 19 heavy (non-hydrogen) atoms. The molecule has 0 aliphatic carbocycles. The fourth-order valence-corrected chi connectivity index (χ4v) is 2.75. The maximum Gasteiger partial charge on any atom is 1.00 e. The van der Waals surface area contributed by atoms with Gasteiger partial charge in [-0.25, -0.2) is 0 Å². The van der Waals surface area contributed by atoms with E-state index in [0.29, 0.717) is 0 Å². The molecule has 0 heterocycles. The zero-order valence-corrected chi connectivity index (χ0v) is 11.3. The van der Waals surface area contributed by atoms with Gasteiger partial charge in [0, 0.05) is 0 Å². The molecule has 0 aliphatic heterocycles. The smallest absolute Gasteiger partial charge is 1.00 e. The second-order valence-electron chi connectivity index (χ2n) is 3.58. The Kier molecular flexibility index (Phi) is 7.99. The van der Waals surface area contributed by atoms with Gasteiger partial charge in [0.25, 0.3) is 10.1 Å². The molecule has 104 valence electrons. The van der Waals surface area contributed by atoms with Crippen molar-refractivity contribution in [3.63, 3.8) is 0 Å². The molecule has 0 spiro atoms. The van der Waals surface area contributed by atoms with Gasteiger partial charge in [-0.1, -0.05) is 12.2 Å². The van der Waals surface area contributed by atoms with Crippen molar-refractivity contribution in [1.82, 2.24) is 0 Å². The predicted molar refractivity (Wildman–Crippen MR) is 63.8 cm³/mol. The van der Waals surface area contributed by atoms with Crippen molar-refractivity contribution in [2.24, 2.45) is 5.92 Å². The molecule has 0 fully saturated rings. The van der Waals surface area contributed by atoms with E-state index in [0.717, 1.165) is 12.2 Å². The van der Waals surface area contributed by atoms with Crippen molar-refractivity contribution < 1.29 is 53.1 Å². The van der Waals surface area contributed by atoms with Crippen LogP contribution in [0.4, 0.5) is 0 Å². The van der Waals surface area contributed by atoms with Crippen molar-refractivity contribution in [3.05, 3.63) is 25.3 Å². The second kappa shape index (κ2) is 7.50. The summed E-state index contributed by atoms with van der Waals surface area (Å²) in [7, 11) is -5.15. The molecule has 2 unspecified atom stereocenters. The van der Waals surface area contributed by atoms with Gasteiger partial charge in [0.05, 0.1) is 5.92 Å². The van der Waals surface area contributed by atoms with Gasteiger partial charge in [-0.05, 0) is 12.8 Å². The van der Waals surface area contributed by atoms with Crippen LogP contribution in [-0.4, -0.2) is 39.9 Å². The molecule has 2 atom stereocenters. The first-order chi connectivity index (χ1) is 8.15. The summed E-state index contributed by atoms with van der Waals surface area (Å²) in [6.07, 6.45) is 0.854. The summed E-state index contributed by atoms with van der Waals surface area (Å²) in [4.78, 5) is 22.2. The molecule has 0 aromatic rings. The van der Waals surface area contributed by atoms with E-state index in [2.05, 4.69) is 13.2 Å². The fraction of sp³-hybridized carbons (Fsp3) is 0.400. The fourth-order valence-electron chi connectivity index (χ4n) is 1.65. The van der Waals surface area contributed by atoms with Crippen LogP contribution in [0.2, 0.25) is 0 Å². The van der Waals surface area contributed by atoms with E-state index in [1.165, 1.54) is 0 Å². The van der Waals surface area contributed by atoms with E-state index in [-0.39, 0.29) is 20.3 Å². The molecule has 0 rings (SSSR count). The Hall–Kier alpha value is -1.07. The van der Waals surface area contributed by atoms with Crippen molar-refractivity contribution in [2.75, 3.05) is 0 Å². The Morgan fingerprint density at radius 3 is 1.95 bits per heavy atom. The van der Waals surface area contributed by atoms with E-state index in [9.17, 15) is 18.0 Å². The van der Waals surface area contributed by atoms with E-state index < -0.39 is 45.6 Å². The summed E-state index contributed by atoms with van der Waals surface area (Å²) in [5.74, 6) is -5.46. The van der Waals surface area contributed by atoms with Crippen LogP contribution in [0.3, 0.4) is 0 Å². The van der Waals surface area contributed by atoms with Gasteiger partial charge in [0.15, 0.2) is 0 Å². The van der Waals surface area contributed by atoms with E-state index in [1.54, 1.807) is 0 Å². The number of carbonyl (C=O) groups is 2. The predicted octanol–water partition coefficient (Wildman–Crippen LogP) is -2.33. The molecule has 7 nitrogen and oxygen atoms in total. The number of carboxylic acid groups (broad SMARTS) is 2. The normalized spacial score (nSPS) is 15.4. The first kappa shape index (κ1) is 20.2. The van der Waals surface area contributed by atoms with Crippen molar-refractivity contribution >= 4 is 22.1 Å². The van der Waals surface area contributed by atoms with Gasteiger partial charge < -0.3 is 11.6 Å². The Labute approximate surface area is 124 Å². The molecule has 0 aliphatic rings. The van der Waals surface area contributed by atoms with Gasteiger partial charge in [-0.3, -0.25) is 14.1 Å². The molecule has 0 aromatic heterocycles. The Morgan fingerprint density at radius 2 is 1.74 bits per heavy atom. The van der Waals surface area contributed by atoms with Gasteiger partial charge in [-0.2, -0.15) is 8.42 Å². The Morgan fingerprint density at radius 1 is 1.26 bits per heavy atom. The summed E-state index contributed by atoms with van der Waals surface area (Å²) < 4.78 is 28.9. The zero-order chi connectivity index (χ0) is 14.6. The number of allylic oxidation sites excluding steroid dienone is 2. The molecular formula is C10H15LiO7S. The van der Waals surface area contributed by atoms with Crippen molar-refractivity contribution in [3.8, 4) is 0 Å². The topological polar surface area (TPSA) is 129 Å². The van der Waals surface area contributed by atoms with Crippen LogP contribution < -0.4 is 18.9 Å². The third kappa shape index (κ3) is 3.94. The maximum absolute atomic E-state index is 11.3. The molecule has 3 N–H and O–H groups in total. The molecule has 0 saturated carbocycles. The molecule has 0 amide bonds. The minimum atomic E-state index is -5.15. The number of hydrogen-bond donors (Lipinski definition) is 3. The molecular weight excluding hydrogens is 271 g/mol. The van der Waals surface area contributed by atoms with Crippen LogP contribution >= 0.6 is 0 Å². The Bertz CT molecular complexity index is 476. The molecule has 0 radical (unpaired) electrons. The summed E-state index contributed by atoms with van der Waals surface area (Å²) in [5, 5.41) is 18.0. The SMILES string of the molecule is C=CCC(C(=O)O)C(CC=C)(C(=O)O)S(=O)(=O)O.[H-].[Li+]. The van der Waals surface area contributed by atoms with E-state index >= 15 is 0 Å². The summed E-state index contributed by atoms with van der Waals surface area (Å²) in [6, 6.07) is 0. The van der Waals surface area contributed by atoms with Crippen LogP contribution in [0.15, 0.2) is 25.3 Å². The molecule has 9 heteroatoms. The molecule has 0 bridgehead atoms. The average Bonchev–Trinajstić information content (AvgIpc) is 2.20. The van der Waals surface area contributed by atoms with Crippen LogP contribution in [0.25, 0.3) is 0 Å². The Balaban J connectivity index is -0.00000144. The van der Waals surface area contributed by atoms with Gasteiger partial charge in [-0.15, -0.1) is 13.2 Å². The summed E-state index contributed by atoms with van der Waals surface area (Å²) in [5.41, 5.74) is 0. The third-order valence-electron chi connectivity index (χ3n) is 2.53. The first-order valence-electron chi connectivity index (χ1n) is 4.80. The maximum atomic E-state index is 11.3. The number of hydrogen-bond acceptors (Lipinski definition) is 4. The largest absolute Gasteiger partial charge is 1.00 e. The average molecular weight is 286 g/mol. The number of carboxylic acids is 2. The number of rotatable bonds is 8. The van der Waals surface area contributed by atoms with Crippen LogP contribution in [0, 0.1) is 5.92 Å². The zero-order valence-electron chi connectivity index (χ0n) is 11.4. The molecule has 0 aromatic carbocycles. The second-order valence-corrected chi connectivity index (χ2v) is 5.26. The van der Waals surface area contributed by atoms with Crippen LogP contribution in [-0.2, 0) is 19.7 Å².